The van der Waals surface area contributed by atoms with Crippen LogP contribution in [0.15, 0.2) is 66.2 Å². The Morgan fingerprint density at radius 1 is 1.03 bits per heavy atom. The molecule has 0 spiro atoms. The average molecular weight is 598 g/mol. The first-order valence-electron chi connectivity index (χ1n) is 13.5. The lowest BCUT2D eigenvalue weighted by atomic mass is 9.64. The van der Waals surface area contributed by atoms with E-state index in [4.69, 9.17) is 13.9 Å². The molecule has 0 aromatic heterocycles. The van der Waals surface area contributed by atoms with Gasteiger partial charge in [-0.3, -0.25) is 9.59 Å². The summed E-state index contributed by atoms with van der Waals surface area (Å²) in [5, 5.41) is 0.0273. The molecule has 38 heavy (non-hydrogen) atoms. The number of carbonyl (C=O) groups is 2. The highest BCUT2D eigenvalue weighted by atomic mass is 79.9. The minimum absolute atomic E-state index is 0.0136. The number of ether oxygens (including phenoxy) is 2. The zero-order valence-corrected chi connectivity index (χ0v) is 25.4. The second kappa shape index (κ2) is 10.2. The van der Waals surface area contributed by atoms with Gasteiger partial charge in [-0.25, -0.2) is 0 Å². The SMILES string of the molecule is CC(C)(C)[Si](C)(C)O[C@@H]1CC(COCc2ccccc2)O[C@@H]2C1=CC[C@@H]1C(=O)c3ccccc3C(=O)[C@@]12Br. The smallest absolute Gasteiger partial charge is 0.192 e. The van der Waals surface area contributed by atoms with Crippen LogP contribution in [0.5, 0.6) is 0 Å². The third-order valence-corrected chi connectivity index (χ3v) is 14.5. The summed E-state index contributed by atoms with van der Waals surface area (Å²) >= 11 is 3.85. The van der Waals surface area contributed by atoms with Crippen LogP contribution in [0.3, 0.4) is 0 Å². The van der Waals surface area contributed by atoms with E-state index >= 15 is 0 Å². The number of halogens is 1. The molecule has 1 heterocycles. The number of allylic oxidation sites excluding steroid dienone is 1. The summed E-state index contributed by atoms with van der Waals surface area (Å²) in [5.74, 6) is -0.637. The number of ketones is 2. The Morgan fingerprint density at radius 3 is 2.37 bits per heavy atom. The van der Waals surface area contributed by atoms with Crippen LogP contribution in [0, 0.1) is 5.92 Å². The molecule has 5 rings (SSSR count). The quantitative estimate of drug-likeness (QED) is 0.206. The third-order valence-electron chi connectivity index (χ3n) is 8.72. The Kier molecular flexibility index (Phi) is 7.46. The maximum absolute atomic E-state index is 14.1. The van der Waals surface area contributed by atoms with Crippen molar-refractivity contribution < 1.29 is 23.5 Å². The molecule has 202 valence electrons. The van der Waals surface area contributed by atoms with Gasteiger partial charge in [0, 0.05) is 17.5 Å². The van der Waals surface area contributed by atoms with E-state index in [1.54, 1.807) is 12.1 Å². The molecule has 1 aliphatic heterocycles. The molecule has 2 aliphatic carbocycles. The molecule has 7 heteroatoms. The van der Waals surface area contributed by atoms with Crippen molar-refractivity contribution in [2.75, 3.05) is 6.61 Å². The van der Waals surface area contributed by atoms with Crippen LogP contribution in [0.25, 0.3) is 0 Å². The fourth-order valence-corrected chi connectivity index (χ4v) is 7.84. The van der Waals surface area contributed by atoms with Crippen LogP contribution in [0.4, 0.5) is 0 Å². The standard InChI is InChI=1S/C31H37BrO5Si/c1-30(2,3)38(4,5)37-26-17-21(19-35-18-20-11-7-6-8-12-20)36-29-24(26)15-16-25-27(33)22-13-9-10-14-23(22)28(34)31(25,29)32/h6-15,21,25-26,29H,16-19H2,1-5H3/t21?,25-,26-,29-,31+/m1/s1. The van der Waals surface area contributed by atoms with E-state index in [9.17, 15) is 9.59 Å². The molecule has 5 nitrogen and oxygen atoms in total. The third kappa shape index (κ3) is 4.81. The van der Waals surface area contributed by atoms with Gasteiger partial charge < -0.3 is 13.9 Å². The van der Waals surface area contributed by atoms with E-state index in [1.165, 1.54) is 0 Å². The largest absolute Gasteiger partial charge is 0.410 e. The second-order valence-electron chi connectivity index (χ2n) is 12.2. The van der Waals surface area contributed by atoms with Crippen molar-refractivity contribution in [1.82, 2.24) is 0 Å². The molecular formula is C31H37BrO5Si. The molecule has 1 saturated heterocycles. The minimum Gasteiger partial charge on any atom is -0.410 e. The van der Waals surface area contributed by atoms with Crippen LogP contribution in [0.2, 0.25) is 18.1 Å². The van der Waals surface area contributed by atoms with Gasteiger partial charge in [0.1, 0.15) is 10.4 Å². The van der Waals surface area contributed by atoms with Crippen molar-refractivity contribution in [2.24, 2.45) is 5.92 Å². The first-order valence-corrected chi connectivity index (χ1v) is 17.2. The number of alkyl halides is 1. The van der Waals surface area contributed by atoms with Crippen LogP contribution >= 0.6 is 15.9 Å². The molecule has 5 atom stereocenters. The normalized spacial score (nSPS) is 29.3. The Labute approximate surface area is 235 Å². The highest BCUT2D eigenvalue weighted by Crippen LogP contribution is 2.53. The lowest BCUT2D eigenvalue weighted by Crippen LogP contribution is -2.63. The molecule has 0 radical (unpaired) electrons. The Bertz CT molecular complexity index is 1250. The topological polar surface area (TPSA) is 61.8 Å². The molecule has 0 bridgehead atoms. The number of hydrogen-bond acceptors (Lipinski definition) is 5. The molecule has 1 unspecified atom stereocenters. The highest BCUT2D eigenvalue weighted by Gasteiger charge is 2.62. The number of hydrogen-bond donors (Lipinski definition) is 0. The summed E-state index contributed by atoms with van der Waals surface area (Å²) in [4.78, 5) is 27.7. The summed E-state index contributed by atoms with van der Waals surface area (Å²) in [6.07, 6.45) is 2.15. The second-order valence-corrected chi connectivity index (χ2v) is 18.3. The van der Waals surface area contributed by atoms with E-state index in [2.05, 4.69) is 55.9 Å². The first-order chi connectivity index (χ1) is 17.9. The van der Waals surface area contributed by atoms with Gasteiger partial charge >= 0.3 is 0 Å². The number of fused-ring (bicyclic) bond motifs is 4. The number of Topliss-reactive ketones (excluding diaryl/α,β-unsaturated/α-hetero) is 2. The van der Waals surface area contributed by atoms with E-state index in [0.29, 0.717) is 37.2 Å². The molecular weight excluding hydrogens is 560 g/mol. The zero-order chi connectivity index (χ0) is 27.3. The molecule has 2 aromatic carbocycles. The van der Waals surface area contributed by atoms with E-state index < -0.39 is 24.7 Å². The summed E-state index contributed by atoms with van der Waals surface area (Å²) in [6, 6.07) is 17.2. The number of carbonyl (C=O) groups excluding carboxylic acids is 2. The predicted molar refractivity (Wildman–Crippen MR) is 154 cm³/mol. The summed E-state index contributed by atoms with van der Waals surface area (Å²) in [5.41, 5.74) is 3.03. The van der Waals surface area contributed by atoms with Crippen molar-refractivity contribution in [1.29, 1.82) is 0 Å². The van der Waals surface area contributed by atoms with Crippen LogP contribution in [0.1, 0.15) is 59.9 Å². The summed E-state index contributed by atoms with van der Waals surface area (Å²) in [7, 11) is -2.14. The van der Waals surface area contributed by atoms with Crippen LogP contribution in [-0.4, -0.2) is 49.1 Å². The predicted octanol–water partition coefficient (Wildman–Crippen LogP) is 6.91. The summed E-state index contributed by atoms with van der Waals surface area (Å²) in [6.45, 7) is 12.0. The average Bonchev–Trinajstić information content (AvgIpc) is 2.87. The van der Waals surface area contributed by atoms with E-state index in [0.717, 1.165) is 11.1 Å². The van der Waals surface area contributed by atoms with Crippen molar-refractivity contribution in [3.63, 3.8) is 0 Å². The minimum atomic E-state index is -2.14. The lowest BCUT2D eigenvalue weighted by molar-refractivity contribution is -0.103. The van der Waals surface area contributed by atoms with Gasteiger partial charge in [-0.05, 0) is 35.7 Å². The first kappa shape index (κ1) is 27.7. The molecule has 2 aromatic rings. The van der Waals surface area contributed by atoms with Gasteiger partial charge in [-0.1, -0.05) is 97.4 Å². The summed E-state index contributed by atoms with van der Waals surface area (Å²) < 4.78 is 18.6. The van der Waals surface area contributed by atoms with Crippen molar-refractivity contribution in [3.05, 3.63) is 82.9 Å². The molecule has 0 amide bonds. The maximum atomic E-state index is 14.1. The zero-order valence-electron chi connectivity index (χ0n) is 22.8. The number of benzene rings is 2. The lowest BCUT2D eigenvalue weighted by Gasteiger charge is -2.52. The molecule has 0 N–H and O–H groups in total. The van der Waals surface area contributed by atoms with Crippen LogP contribution in [-0.2, 0) is 20.5 Å². The van der Waals surface area contributed by atoms with Gasteiger partial charge in [0.05, 0.1) is 31.3 Å². The van der Waals surface area contributed by atoms with Crippen molar-refractivity contribution in [3.8, 4) is 0 Å². The Morgan fingerprint density at radius 2 is 1.68 bits per heavy atom. The maximum Gasteiger partial charge on any atom is 0.192 e. The fourth-order valence-electron chi connectivity index (χ4n) is 5.56. The molecule has 0 saturated carbocycles. The molecule has 1 fully saturated rings. The van der Waals surface area contributed by atoms with Crippen LogP contribution < -0.4 is 0 Å². The highest BCUT2D eigenvalue weighted by molar-refractivity contribution is 9.10. The Balaban J connectivity index is 1.48. The van der Waals surface area contributed by atoms with Gasteiger partial charge in [0.25, 0.3) is 0 Å². The van der Waals surface area contributed by atoms with Crippen molar-refractivity contribution >= 4 is 35.8 Å². The van der Waals surface area contributed by atoms with Gasteiger partial charge in [-0.15, -0.1) is 0 Å². The molecule has 3 aliphatic rings. The van der Waals surface area contributed by atoms with Gasteiger partial charge in [0.2, 0.25) is 0 Å². The van der Waals surface area contributed by atoms with E-state index in [1.807, 2.05) is 42.5 Å². The van der Waals surface area contributed by atoms with E-state index in [-0.39, 0.29) is 28.8 Å². The Hall–Kier alpha value is -1.90. The fraction of sp³-hybridized carbons (Fsp3) is 0.484. The van der Waals surface area contributed by atoms with Gasteiger partial charge in [0.15, 0.2) is 19.9 Å². The van der Waals surface area contributed by atoms with Gasteiger partial charge in [-0.2, -0.15) is 0 Å². The number of rotatable bonds is 6. The monoisotopic (exact) mass is 596 g/mol. The van der Waals surface area contributed by atoms with Crippen molar-refractivity contribution in [2.45, 2.75) is 81.0 Å².